The number of rotatable bonds is 2. The highest BCUT2D eigenvalue weighted by Gasteiger charge is 2.13. The lowest BCUT2D eigenvalue weighted by atomic mass is 10.1. The molecular formula is C16H14BrFN2. The lowest BCUT2D eigenvalue weighted by Crippen LogP contribution is -2.01. The van der Waals surface area contributed by atoms with Crippen LogP contribution in [0.1, 0.15) is 16.7 Å². The third-order valence-electron chi connectivity index (χ3n) is 3.62. The largest absolute Gasteiger partial charge is 0.296 e. The third kappa shape index (κ3) is 2.04. The second-order valence-electron chi connectivity index (χ2n) is 4.92. The van der Waals surface area contributed by atoms with Crippen LogP contribution in [0.5, 0.6) is 0 Å². The predicted octanol–water partition coefficient (Wildman–Crippen LogP) is 4.68. The van der Waals surface area contributed by atoms with E-state index in [1.807, 2.05) is 16.7 Å². The first-order valence-electron chi connectivity index (χ1n) is 6.40. The molecule has 3 aromatic rings. The minimum absolute atomic E-state index is 0.237. The van der Waals surface area contributed by atoms with E-state index in [0.29, 0.717) is 11.0 Å². The predicted molar refractivity (Wildman–Crippen MR) is 83.1 cm³/mol. The average molecular weight is 333 g/mol. The second kappa shape index (κ2) is 5.02. The van der Waals surface area contributed by atoms with Gasteiger partial charge in [-0.05, 0) is 48.7 Å². The number of para-hydroxylation sites is 1. The molecule has 2 nitrogen and oxygen atoms in total. The van der Waals surface area contributed by atoms with Crippen LogP contribution in [0.25, 0.3) is 16.7 Å². The molecule has 0 atom stereocenters. The Morgan fingerprint density at radius 2 is 1.95 bits per heavy atom. The summed E-state index contributed by atoms with van der Waals surface area (Å²) in [6.45, 7) is 4.11. The summed E-state index contributed by atoms with van der Waals surface area (Å²) < 4.78 is 16.1. The van der Waals surface area contributed by atoms with Crippen molar-refractivity contribution < 1.29 is 4.39 Å². The van der Waals surface area contributed by atoms with E-state index in [4.69, 9.17) is 0 Å². The molecule has 0 aliphatic heterocycles. The van der Waals surface area contributed by atoms with Crippen molar-refractivity contribution in [2.75, 3.05) is 0 Å². The van der Waals surface area contributed by atoms with Crippen molar-refractivity contribution in [1.29, 1.82) is 0 Å². The molecular weight excluding hydrogens is 319 g/mol. The number of benzene rings is 2. The number of hydrogen-bond donors (Lipinski definition) is 0. The normalized spacial score (nSPS) is 11.2. The van der Waals surface area contributed by atoms with Crippen molar-refractivity contribution in [3.63, 3.8) is 0 Å². The Hall–Kier alpha value is -1.68. The van der Waals surface area contributed by atoms with Crippen molar-refractivity contribution in [3.8, 4) is 5.69 Å². The Morgan fingerprint density at radius 1 is 1.20 bits per heavy atom. The zero-order chi connectivity index (χ0) is 14.3. The van der Waals surface area contributed by atoms with Crippen LogP contribution in [0.3, 0.4) is 0 Å². The van der Waals surface area contributed by atoms with Crippen molar-refractivity contribution in [2.24, 2.45) is 0 Å². The summed E-state index contributed by atoms with van der Waals surface area (Å²) in [6, 6.07) is 9.22. The van der Waals surface area contributed by atoms with Gasteiger partial charge in [0.05, 0.1) is 16.7 Å². The first kappa shape index (κ1) is 13.3. The summed E-state index contributed by atoms with van der Waals surface area (Å²) in [4.78, 5) is 4.39. The zero-order valence-corrected chi connectivity index (χ0v) is 12.9. The van der Waals surface area contributed by atoms with Gasteiger partial charge in [0.2, 0.25) is 0 Å². The first-order chi connectivity index (χ1) is 9.61. The van der Waals surface area contributed by atoms with Gasteiger partial charge in [-0.15, -0.1) is 0 Å². The zero-order valence-electron chi connectivity index (χ0n) is 11.3. The molecule has 0 amide bonds. The fraction of sp³-hybridized carbons (Fsp3) is 0.188. The van der Waals surface area contributed by atoms with E-state index in [1.54, 1.807) is 12.4 Å². The van der Waals surface area contributed by atoms with Crippen molar-refractivity contribution in [2.45, 2.75) is 19.2 Å². The van der Waals surface area contributed by atoms with Gasteiger partial charge in [-0.2, -0.15) is 0 Å². The van der Waals surface area contributed by atoms with E-state index in [2.05, 4.69) is 40.8 Å². The number of fused-ring (bicyclic) bond motifs is 1. The Labute approximate surface area is 125 Å². The molecule has 0 bridgehead atoms. The lowest BCUT2D eigenvalue weighted by Gasteiger charge is -2.11. The number of nitrogens with zero attached hydrogens (tertiary/aromatic N) is 2. The minimum Gasteiger partial charge on any atom is -0.296 e. The van der Waals surface area contributed by atoms with Crippen molar-refractivity contribution >= 4 is 27.0 Å². The molecule has 4 heteroatoms. The van der Waals surface area contributed by atoms with Crippen LogP contribution in [0.15, 0.2) is 36.7 Å². The maximum Gasteiger partial charge on any atom is 0.147 e. The van der Waals surface area contributed by atoms with Gasteiger partial charge in [-0.25, -0.2) is 9.37 Å². The van der Waals surface area contributed by atoms with Gasteiger partial charge in [0.25, 0.3) is 0 Å². The molecule has 102 valence electrons. The van der Waals surface area contributed by atoms with E-state index in [9.17, 15) is 4.39 Å². The van der Waals surface area contributed by atoms with Crippen molar-refractivity contribution in [1.82, 2.24) is 9.55 Å². The van der Waals surface area contributed by atoms with E-state index < -0.39 is 0 Å². The summed E-state index contributed by atoms with van der Waals surface area (Å²) in [5, 5.41) is 0.602. The van der Waals surface area contributed by atoms with Crippen LogP contribution >= 0.6 is 15.9 Å². The fourth-order valence-corrected chi connectivity index (χ4v) is 2.83. The molecule has 3 rings (SSSR count). The topological polar surface area (TPSA) is 17.8 Å². The van der Waals surface area contributed by atoms with Crippen molar-refractivity contribution in [3.05, 3.63) is 59.2 Å². The molecule has 0 radical (unpaired) electrons. The number of imidazole rings is 1. The molecule has 0 aliphatic carbocycles. The minimum atomic E-state index is -0.237. The van der Waals surface area contributed by atoms with Crippen LogP contribution < -0.4 is 0 Å². The molecule has 2 aromatic carbocycles. The quantitative estimate of drug-likeness (QED) is 0.623. The van der Waals surface area contributed by atoms with Gasteiger partial charge in [-0.1, -0.05) is 28.1 Å². The number of aromatic nitrogens is 2. The van der Waals surface area contributed by atoms with E-state index in [1.165, 1.54) is 17.2 Å². The standard InChI is InChI=1S/C16H14BrFN2/c1-10-6-14-15(7-11(10)2)20(9-19-14)16-12(8-17)4-3-5-13(16)18/h3-7,9H,8H2,1-2H3. The van der Waals surface area contributed by atoms with Crippen LogP contribution in [-0.4, -0.2) is 9.55 Å². The summed E-state index contributed by atoms with van der Waals surface area (Å²) >= 11 is 3.42. The van der Waals surface area contributed by atoms with Gasteiger partial charge in [0, 0.05) is 5.33 Å². The number of halogens is 2. The fourth-order valence-electron chi connectivity index (χ4n) is 2.38. The average Bonchev–Trinajstić information content (AvgIpc) is 2.81. The SMILES string of the molecule is Cc1cc2ncn(-c3c(F)cccc3CBr)c2cc1C. The molecule has 0 N–H and O–H groups in total. The summed E-state index contributed by atoms with van der Waals surface area (Å²) in [5.41, 5.74) is 5.66. The van der Waals surface area contributed by atoms with Crippen LogP contribution in [0, 0.1) is 19.7 Å². The highest BCUT2D eigenvalue weighted by molar-refractivity contribution is 9.08. The molecule has 0 saturated carbocycles. The lowest BCUT2D eigenvalue weighted by molar-refractivity contribution is 0.617. The maximum atomic E-state index is 14.2. The number of aryl methyl sites for hydroxylation is 2. The van der Waals surface area contributed by atoms with Crippen LogP contribution in [0.4, 0.5) is 4.39 Å². The number of hydrogen-bond acceptors (Lipinski definition) is 1. The molecule has 0 spiro atoms. The van der Waals surface area contributed by atoms with Gasteiger partial charge < -0.3 is 0 Å². The molecule has 0 fully saturated rings. The maximum absolute atomic E-state index is 14.2. The Balaban J connectivity index is 2.33. The highest BCUT2D eigenvalue weighted by atomic mass is 79.9. The molecule has 1 heterocycles. The molecule has 0 unspecified atom stereocenters. The van der Waals surface area contributed by atoms with Gasteiger partial charge in [-0.3, -0.25) is 4.57 Å². The summed E-state index contributed by atoms with van der Waals surface area (Å²) in [7, 11) is 0. The molecule has 0 aliphatic rings. The second-order valence-corrected chi connectivity index (χ2v) is 5.48. The molecule has 20 heavy (non-hydrogen) atoms. The summed E-state index contributed by atoms with van der Waals surface area (Å²) in [6.07, 6.45) is 1.69. The highest BCUT2D eigenvalue weighted by Crippen LogP contribution is 2.26. The van der Waals surface area contributed by atoms with Crippen LogP contribution in [0.2, 0.25) is 0 Å². The Kier molecular flexibility index (Phi) is 3.34. The third-order valence-corrected chi connectivity index (χ3v) is 4.22. The van der Waals surface area contributed by atoms with Gasteiger partial charge >= 0.3 is 0 Å². The Bertz CT molecular complexity index is 793. The smallest absolute Gasteiger partial charge is 0.147 e. The van der Waals surface area contributed by atoms with Crippen LogP contribution in [-0.2, 0) is 5.33 Å². The Morgan fingerprint density at radius 3 is 2.70 bits per heavy atom. The van der Waals surface area contributed by atoms with Gasteiger partial charge in [0.15, 0.2) is 0 Å². The van der Waals surface area contributed by atoms with Gasteiger partial charge in [0.1, 0.15) is 12.1 Å². The summed E-state index contributed by atoms with van der Waals surface area (Å²) in [5.74, 6) is -0.237. The first-order valence-corrected chi connectivity index (χ1v) is 7.52. The van der Waals surface area contributed by atoms with E-state index in [0.717, 1.165) is 16.6 Å². The van der Waals surface area contributed by atoms with E-state index >= 15 is 0 Å². The number of alkyl halides is 1. The molecule has 0 saturated heterocycles. The van der Waals surface area contributed by atoms with E-state index in [-0.39, 0.29) is 5.82 Å². The molecule has 1 aromatic heterocycles. The monoisotopic (exact) mass is 332 g/mol.